The summed E-state index contributed by atoms with van der Waals surface area (Å²) in [7, 11) is 1.65. The van der Waals surface area contributed by atoms with Gasteiger partial charge in [0.05, 0.1) is 0 Å². The molecule has 0 atom stereocenters. The fourth-order valence-electron chi connectivity index (χ4n) is 3.33. The molecule has 2 amide bonds. The van der Waals surface area contributed by atoms with Gasteiger partial charge >= 0.3 is 6.09 Å². The fourth-order valence-corrected chi connectivity index (χ4v) is 3.33. The van der Waals surface area contributed by atoms with Gasteiger partial charge in [0, 0.05) is 43.6 Å². The zero-order valence-electron chi connectivity index (χ0n) is 18.1. The average Bonchev–Trinajstić information content (AvgIpc) is 2.73. The van der Waals surface area contributed by atoms with Gasteiger partial charge in [0.2, 0.25) is 0 Å². The minimum absolute atomic E-state index is 0.0993. The second-order valence-electron chi connectivity index (χ2n) is 8.51. The number of piperidine rings is 1. The molecule has 160 valence electrons. The molecule has 0 radical (unpaired) electrons. The Bertz CT molecular complexity index is 854. The van der Waals surface area contributed by atoms with Crippen LogP contribution < -0.4 is 15.1 Å². The third kappa shape index (κ3) is 5.72. The normalized spacial score (nSPS) is 14.9. The summed E-state index contributed by atoms with van der Waals surface area (Å²) in [6.45, 7) is 7.20. The molecule has 1 aromatic carbocycles. The van der Waals surface area contributed by atoms with Crippen molar-refractivity contribution in [3.8, 4) is 0 Å². The molecule has 0 bridgehead atoms. The van der Waals surface area contributed by atoms with Crippen molar-refractivity contribution in [1.29, 1.82) is 0 Å². The quantitative estimate of drug-likeness (QED) is 0.829. The molecular weight excluding hydrogens is 380 g/mol. The number of nitrogens with one attached hydrogen (secondary N) is 1. The summed E-state index contributed by atoms with van der Waals surface area (Å²) in [6.07, 6.45) is 3.12. The summed E-state index contributed by atoms with van der Waals surface area (Å²) in [5.41, 5.74) is 0.685. The molecule has 2 aromatic rings. The summed E-state index contributed by atoms with van der Waals surface area (Å²) >= 11 is 0. The van der Waals surface area contributed by atoms with Gasteiger partial charge in [-0.05, 0) is 70.0 Å². The van der Waals surface area contributed by atoms with Crippen LogP contribution in [0, 0.1) is 0 Å². The van der Waals surface area contributed by atoms with E-state index in [9.17, 15) is 9.59 Å². The van der Waals surface area contributed by atoms with Gasteiger partial charge in [0.25, 0.3) is 5.91 Å². The topological polar surface area (TPSA) is 74.8 Å². The average molecular weight is 411 g/mol. The molecule has 3 rings (SSSR count). The fraction of sp³-hybridized carbons (Fsp3) is 0.435. The van der Waals surface area contributed by atoms with Crippen molar-refractivity contribution in [3.63, 3.8) is 0 Å². The smallest absolute Gasteiger partial charge is 0.414 e. The number of carbonyl (C=O) groups excluding carboxylic acids is 2. The minimum Gasteiger partial charge on any atom is -0.443 e. The molecule has 0 spiro atoms. The molecule has 1 aliphatic heterocycles. The minimum atomic E-state index is -0.558. The van der Waals surface area contributed by atoms with Crippen LogP contribution in [0.1, 0.15) is 44.0 Å². The van der Waals surface area contributed by atoms with E-state index in [1.54, 1.807) is 37.5 Å². The van der Waals surface area contributed by atoms with Crippen molar-refractivity contribution in [2.45, 2.75) is 45.3 Å². The van der Waals surface area contributed by atoms with Crippen molar-refractivity contribution >= 4 is 23.5 Å². The van der Waals surface area contributed by atoms with Crippen molar-refractivity contribution in [3.05, 3.63) is 54.2 Å². The van der Waals surface area contributed by atoms with Crippen LogP contribution in [-0.2, 0) is 4.74 Å². The predicted octanol–water partition coefficient (Wildman–Crippen LogP) is 3.85. The van der Waals surface area contributed by atoms with Crippen molar-refractivity contribution in [1.82, 2.24) is 10.3 Å². The van der Waals surface area contributed by atoms with Crippen molar-refractivity contribution in [2.75, 3.05) is 29.9 Å². The summed E-state index contributed by atoms with van der Waals surface area (Å²) in [4.78, 5) is 32.9. The van der Waals surface area contributed by atoms with E-state index < -0.39 is 11.7 Å². The molecule has 0 saturated carbocycles. The molecule has 1 aliphatic rings. The van der Waals surface area contributed by atoms with Crippen LogP contribution in [0.4, 0.5) is 16.3 Å². The number of rotatable bonds is 4. The van der Waals surface area contributed by atoms with Gasteiger partial charge in [0.1, 0.15) is 11.4 Å². The highest BCUT2D eigenvalue weighted by Crippen LogP contribution is 2.19. The highest BCUT2D eigenvalue weighted by atomic mass is 16.6. The zero-order chi connectivity index (χ0) is 21.7. The summed E-state index contributed by atoms with van der Waals surface area (Å²) in [6, 6.07) is 13.0. The number of aromatic nitrogens is 1. The number of carbonyl (C=O) groups is 2. The van der Waals surface area contributed by atoms with Gasteiger partial charge in [-0.25, -0.2) is 9.78 Å². The van der Waals surface area contributed by atoms with E-state index in [0.717, 1.165) is 31.7 Å². The lowest BCUT2D eigenvalue weighted by Gasteiger charge is -2.33. The van der Waals surface area contributed by atoms with Gasteiger partial charge in [-0.3, -0.25) is 9.69 Å². The first-order valence-electron chi connectivity index (χ1n) is 10.3. The van der Waals surface area contributed by atoms with Crippen LogP contribution in [0.15, 0.2) is 48.7 Å². The number of anilines is 2. The second kappa shape index (κ2) is 9.15. The SMILES string of the molecule is CN(C(=O)OC(C)(C)C)c1ccc(C(=O)NC2CCN(c3ccccn3)CC2)cc1. The molecule has 0 unspecified atom stereocenters. The molecule has 2 heterocycles. The van der Waals surface area contributed by atoms with Crippen LogP contribution in [-0.4, -0.2) is 48.8 Å². The lowest BCUT2D eigenvalue weighted by atomic mass is 10.0. The second-order valence-corrected chi connectivity index (χ2v) is 8.51. The molecule has 1 aromatic heterocycles. The van der Waals surface area contributed by atoms with E-state index >= 15 is 0 Å². The molecule has 30 heavy (non-hydrogen) atoms. The molecule has 7 heteroatoms. The van der Waals surface area contributed by atoms with Crippen molar-refractivity contribution < 1.29 is 14.3 Å². The number of amides is 2. The van der Waals surface area contributed by atoms with Crippen LogP contribution in [0.3, 0.4) is 0 Å². The Hall–Kier alpha value is -3.09. The van der Waals surface area contributed by atoms with E-state index in [-0.39, 0.29) is 11.9 Å². The summed E-state index contributed by atoms with van der Waals surface area (Å²) < 4.78 is 5.37. The van der Waals surface area contributed by atoms with Crippen molar-refractivity contribution in [2.24, 2.45) is 0 Å². The van der Waals surface area contributed by atoms with Crippen LogP contribution in [0.2, 0.25) is 0 Å². The Balaban J connectivity index is 1.52. The summed E-state index contributed by atoms with van der Waals surface area (Å²) in [5.74, 6) is 0.879. The Kier molecular flexibility index (Phi) is 6.59. The maximum absolute atomic E-state index is 12.6. The molecule has 1 saturated heterocycles. The predicted molar refractivity (Wildman–Crippen MR) is 118 cm³/mol. The third-order valence-electron chi connectivity index (χ3n) is 4.99. The molecule has 0 aliphatic carbocycles. The van der Waals surface area contributed by atoms with E-state index in [1.165, 1.54) is 4.90 Å². The number of nitrogens with zero attached hydrogens (tertiary/aromatic N) is 3. The van der Waals surface area contributed by atoms with Gasteiger partial charge in [-0.1, -0.05) is 6.07 Å². The maximum Gasteiger partial charge on any atom is 0.414 e. The highest BCUT2D eigenvalue weighted by molar-refractivity contribution is 5.95. The third-order valence-corrected chi connectivity index (χ3v) is 4.99. The van der Waals surface area contributed by atoms with E-state index in [1.807, 2.05) is 39.0 Å². The van der Waals surface area contributed by atoms with E-state index in [0.29, 0.717) is 11.3 Å². The van der Waals surface area contributed by atoms with Crippen LogP contribution >= 0.6 is 0 Å². The monoisotopic (exact) mass is 410 g/mol. The van der Waals surface area contributed by atoms with Gasteiger partial charge in [-0.15, -0.1) is 0 Å². The lowest BCUT2D eigenvalue weighted by Crippen LogP contribution is -2.45. The van der Waals surface area contributed by atoms with Gasteiger partial charge < -0.3 is 15.0 Å². The largest absolute Gasteiger partial charge is 0.443 e. The lowest BCUT2D eigenvalue weighted by molar-refractivity contribution is 0.0589. The molecule has 7 nitrogen and oxygen atoms in total. The highest BCUT2D eigenvalue weighted by Gasteiger charge is 2.23. The van der Waals surface area contributed by atoms with E-state index in [4.69, 9.17) is 4.74 Å². The molecule has 1 fully saturated rings. The van der Waals surface area contributed by atoms with Crippen LogP contribution in [0.25, 0.3) is 0 Å². The number of ether oxygens (including phenoxy) is 1. The zero-order valence-corrected chi connectivity index (χ0v) is 18.1. The van der Waals surface area contributed by atoms with E-state index in [2.05, 4.69) is 15.2 Å². The standard InChI is InChI=1S/C23H30N4O3/c1-23(2,3)30-22(29)26(4)19-10-8-17(9-11-19)21(28)25-18-12-15-27(16-13-18)20-7-5-6-14-24-20/h5-11,14,18H,12-13,15-16H2,1-4H3,(H,25,28). The summed E-state index contributed by atoms with van der Waals surface area (Å²) in [5, 5.41) is 3.12. The Morgan fingerprint density at radius 1 is 1.10 bits per heavy atom. The Labute approximate surface area is 178 Å². The number of benzene rings is 1. The number of pyridine rings is 1. The molecular formula is C23H30N4O3. The van der Waals surface area contributed by atoms with Gasteiger partial charge in [-0.2, -0.15) is 0 Å². The number of hydrogen-bond donors (Lipinski definition) is 1. The Morgan fingerprint density at radius 3 is 2.33 bits per heavy atom. The first-order chi connectivity index (χ1) is 14.2. The first-order valence-corrected chi connectivity index (χ1v) is 10.3. The molecule has 1 N–H and O–H groups in total. The van der Waals surface area contributed by atoms with Gasteiger partial charge in [0.15, 0.2) is 0 Å². The first kappa shape index (κ1) is 21.6. The number of hydrogen-bond acceptors (Lipinski definition) is 5. The Morgan fingerprint density at radius 2 is 1.77 bits per heavy atom. The van der Waals surface area contributed by atoms with Crippen LogP contribution in [0.5, 0.6) is 0 Å². The maximum atomic E-state index is 12.6.